The van der Waals surface area contributed by atoms with Crippen molar-refractivity contribution in [3.05, 3.63) is 40.8 Å². The van der Waals surface area contributed by atoms with Crippen LogP contribution in [-0.2, 0) is 17.1 Å². The molecule has 146 valence electrons. The van der Waals surface area contributed by atoms with Crippen molar-refractivity contribution >= 4 is 44.9 Å². The molecule has 0 radical (unpaired) electrons. The topological polar surface area (TPSA) is 87.5 Å². The van der Waals surface area contributed by atoms with Crippen LogP contribution in [0, 0.1) is 0 Å². The summed E-state index contributed by atoms with van der Waals surface area (Å²) in [5.41, 5.74) is 0.525. The Bertz CT molecular complexity index is 947. The van der Waals surface area contributed by atoms with E-state index in [0.29, 0.717) is 35.2 Å². The highest BCUT2D eigenvalue weighted by atomic mass is 35.5. The Balaban J connectivity index is 1.65. The second kappa shape index (κ2) is 8.05. The van der Waals surface area contributed by atoms with Crippen molar-refractivity contribution in [1.82, 2.24) is 18.8 Å². The Morgan fingerprint density at radius 2 is 1.93 bits per heavy atom. The summed E-state index contributed by atoms with van der Waals surface area (Å²) in [7, 11) is -1.96. The average molecular weight is 432 g/mol. The number of urea groups is 1. The largest absolute Gasteiger partial charge is 0.339 e. The van der Waals surface area contributed by atoms with E-state index < -0.39 is 10.0 Å². The molecule has 1 aromatic carbocycles. The molecule has 8 nitrogen and oxygen atoms in total. The number of sulfonamides is 1. The monoisotopic (exact) mass is 431 g/mol. The van der Waals surface area contributed by atoms with E-state index in [9.17, 15) is 13.2 Å². The number of amides is 2. The van der Waals surface area contributed by atoms with Crippen LogP contribution < -0.4 is 5.32 Å². The number of aromatic nitrogens is 2. The van der Waals surface area contributed by atoms with Gasteiger partial charge >= 0.3 is 6.03 Å². The van der Waals surface area contributed by atoms with E-state index in [-0.39, 0.29) is 24.1 Å². The molecule has 2 amide bonds. The number of nitrogens with zero attached hydrogens (tertiary/aromatic N) is 4. The number of hydrogen-bond donors (Lipinski definition) is 1. The molecule has 27 heavy (non-hydrogen) atoms. The highest BCUT2D eigenvalue weighted by Gasteiger charge is 2.29. The van der Waals surface area contributed by atoms with Gasteiger partial charge < -0.3 is 14.8 Å². The summed E-state index contributed by atoms with van der Waals surface area (Å²) in [6.07, 6.45) is 3.44. The fraction of sp³-hybridized carbons (Fsp3) is 0.375. The van der Waals surface area contributed by atoms with E-state index in [1.54, 1.807) is 34.7 Å². The number of benzene rings is 1. The summed E-state index contributed by atoms with van der Waals surface area (Å²) in [5.74, 6) is 0. The van der Waals surface area contributed by atoms with Crippen molar-refractivity contribution in [2.45, 2.75) is 11.4 Å². The van der Waals surface area contributed by atoms with Gasteiger partial charge in [-0.15, -0.1) is 0 Å². The molecule has 1 aromatic heterocycles. The summed E-state index contributed by atoms with van der Waals surface area (Å²) in [4.78, 5) is 18.0. The number of aryl methyl sites for hydroxylation is 1. The molecule has 0 bridgehead atoms. The molecule has 0 aliphatic carbocycles. The minimum Gasteiger partial charge on any atom is -0.339 e. The number of carbonyl (C=O) groups excluding carboxylic acids is 1. The molecule has 1 saturated heterocycles. The van der Waals surface area contributed by atoms with Crippen LogP contribution in [0.25, 0.3) is 0 Å². The maximum atomic E-state index is 12.7. The number of nitrogens with one attached hydrogen (secondary N) is 1. The van der Waals surface area contributed by atoms with Gasteiger partial charge in [-0.2, -0.15) is 4.31 Å². The third-order valence-electron chi connectivity index (χ3n) is 4.20. The Morgan fingerprint density at radius 1 is 1.15 bits per heavy atom. The van der Waals surface area contributed by atoms with Crippen molar-refractivity contribution in [1.29, 1.82) is 0 Å². The molecule has 0 spiro atoms. The standard InChI is InChI=1S/C16H19Cl2N5O3S/c1-21-10-15(19-11-21)27(25,26)23-6-2-5-22(7-8-23)16(24)20-12-3-4-13(17)14(18)9-12/h3-4,9-11H,2,5-8H2,1H3,(H,20,24). The fourth-order valence-corrected chi connectivity index (χ4v) is 4.50. The number of rotatable bonds is 3. The van der Waals surface area contributed by atoms with Gasteiger partial charge in [-0.25, -0.2) is 18.2 Å². The fourth-order valence-electron chi connectivity index (χ4n) is 2.77. The van der Waals surface area contributed by atoms with Crippen LogP contribution in [0.1, 0.15) is 6.42 Å². The van der Waals surface area contributed by atoms with Crippen molar-refractivity contribution in [3.63, 3.8) is 0 Å². The molecule has 1 aliphatic rings. The molecule has 1 aliphatic heterocycles. The summed E-state index contributed by atoms with van der Waals surface area (Å²) in [5, 5.41) is 3.52. The number of carbonyl (C=O) groups is 1. The lowest BCUT2D eigenvalue weighted by atomic mass is 10.3. The van der Waals surface area contributed by atoms with Gasteiger partial charge in [0.15, 0.2) is 5.03 Å². The normalized spacial score (nSPS) is 16.2. The van der Waals surface area contributed by atoms with Gasteiger partial charge in [-0.3, -0.25) is 0 Å². The second-order valence-corrected chi connectivity index (χ2v) is 8.88. The Labute approximate surface area is 167 Å². The molecule has 0 atom stereocenters. The lowest BCUT2D eigenvalue weighted by Crippen LogP contribution is -2.39. The quantitative estimate of drug-likeness (QED) is 0.808. The Hall–Kier alpha value is -1.81. The van der Waals surface area contributed by atoms with Gasteiger partial charge in [0.1, 0.15) is 0 Å². The lowest BCUT2D eigenvalue weighted by molar-refractivity contribution is 0.214. The number of hydrogen-bond acceptors (Lipinski definition) is 4. The van der Waals surface area contributed by atoms with Crippen LogP contribution in [0.2, 0.25) is 10.0 Å². The second-order valence-electron chi connectivity index (χ2n) is 6.18. The molecule has 0 saturated carbocycles. The van der Waals surface area contributed by atoms with Gasteiger partial charge in [0, 0.05) is 45.1 Å². The van der Waals surface area contributed by atoms with Crippen molar-refractivity contribution in [2.24, 2.45) is 7.05 Å². The van der Waals surface area contributed by atoms with Crippen LogP contribution >= 0.6 is 23.2 Å². The van der Waals surface area contributed by atoms with Crippen molar-refractivity contribution in [2.75, 3.05) is 31.5 Å². The minimum atomic E-state index is -3.67. The summed E-state index contributed by atoms with van der Waals surface area (Å²) in [6.45, 7) is 1.25. The van der Waals surface area contributed by atoms with Crippen molar-refractivity contribution < 1.29 is 13.2 Å². The predicted octanol–water partition coefficient (Wildman–Crippen LogP) is 2.66. The van der Waals surface area contributed by atoms with Gasteiger partial charge in [0.25, 0.3) is 10.0 Å². The van der Waals surface area contributed by atoms with E-state index in [1.165, 1.54) is 16.8 Å². The highest BCUT2D eigenvalue weighted by molar-refractivity contribution is 7.89. The molecular weight excluding hydrogens is 413 g/mol. The smallest absolute Gasteiger partial charge is 0.321 e. The minimum absolute atomic E-state index is 0.0127. The molecule has 2 aromatic rings. The zero-order valence-electron chi connectivity index (χ0n) is 14.6. The van der Waals surface area contributed by atoms with E-state index in [2.05, 4.69) is 10.3 Å². The molecular formula is C16H19Cl2N5O3S. The third-order valence-corrected chi connectivity index (χ3v) is 6.72. The number of halogens is 2. The van der Waals surface area contributed by atoms with Crippen LogP contribution in [0.15, 0.2) is 35.7 Å². The van der Waals surface area contributed by atoms with Gasteiger partial charge in [-0.05, 0) is 24.6 Å². The van der Waals surface area contributed by atoms with Crippen LogP contribution in [0.4, 0.5) is 10.5 Å². The molecule has 1 N–H and O–H groups in total. The summed E-state index contributed by atoms with van der Waals surface area (Å²) >= 11 is 11.8. The van der Waals surface area contributed by atoms with Gasteiger partial charge in [0.05, 0.1) is 16.4 Å². The first-order chi connectivity index (χ1) is 12.8. The summed E-state index contributed by atoms with van der Waals surface area (Å²) in [6, 6.07) is 4.51. The van der Waals surface area contributed by atoms with E-state index in [4.69, 9.17) is 23.2 Å². The Morgan fingerprint density at radius 3 is 2.59 bits per heavy atom. The number of anilines is 1. The molecule has 0 unspecified atom stereocenters. The lowest BCUT2D eigenvalue weighted by Gasteiger charge is -2.22. The molecule has 1 fully saturated rings. The first kappa shape index (κ1) is 19.9. The first-order valence-corrected chi connectivity index (χ1v) is 10.5. The molecule has 2 heterocycles. The van der Waals surface area contributed by atoms with Crippen LogP contribution in [-0.4, -0.2) is 59.4 Å². The number of imidazole rings is 1. The summed E-state index contributed by atoms with van der Waals surface area (Å²) < 4.78 is 28.3. The SMILES string of the molecule is Cn1cnc(S(=O)(=O)N2CCCN(C(=O)Nc3ccc(Cl)c(Cl)c3)CC2)c1. The van der Waals surface area contributed by atoms with Crippen LogP contribution in [0.3, 0.4) is 0 Å². The van der Waals surface area contributed by atoms with Crippen molar-refractivity contribution in [3.8, 4) is 0 Å². The highest BCUT2D eigenvalue weighted by Crippen LogP contribution is 2.25. The Kier molecular flexibility index (Phi) is 5.95. The van der Waals surface area contributed by atoms with Gasteiger partial charge in [-0.1, -0.05) is 23.2 Å². The predicted molar refractivity (Wildman–Crippen MR) is 104 cm³/mol. The average Bonchev–Trinajstić information content (AvgIpc) is 2.91. The third kappa shape index (κ3) is 4.55. The first-order valence-electron chi connectivity index (χ1n) is 8.26. The van der Waals surface area contributed by atoms with Crippen LogP contribution in [0.5, 0.6) is 0 Å². The maximum absolute atomic E-state index is 12.7. The van der Waals surface area contributed by atoms with E-state index in [0.717, 1.165) is 0 Å². The van der Waals surface area contributed by atoms with E-state index >= 15 is 0 Å². The van der Waals surface area contributed by atoms with E-state index in [1.807, 2.05) is 0 Å². The maximum Gasteiger partial charge on any atom is 0.321 e. The molecule has 11 heteroatoms. The zero-order valence-corrected chi connectivity index (χ0v) is 16.9. The van der Waals surface area contributed by atoms with Gasteiger partial charge in [0.2, 0.25) is 0 Å². The zero-order chi connectivity index (χ0) is 19.6. The molecule has 3 rings (SSSR count).